The molecule has 2 aromatic rings. The third kappa shape index (κ3) is 6.51. The van der Waals surface area contributed by atoms with Crippen LogP contribution in [-0.2, 0) is 4.79 Å². The highest BCUT2D eigenvalue weighted by Crippen LogP contribution is 2.29. The van der Waals surface area contributed by atoms with Crippen molar-refractivity contribution < 1.29 is 19.0 Å². The van der Waals surface area contributed by atoms with Crippen LogP contribution in [0.4, 0.5) is 0 Å². The van der Waals surface area contributed by atoms with E-state index < -0.39 is 0 Å². The molecule has 0 bridgehead atoms. The zero-order valence-corrected chi connectivity index (χ0v) is 19.4. The lowest BCUT2D eigenvalue weighted by molar-refractivity contribution is -0.125. The second-order valence-electron chi connectivity index (χ2n) is 8.45. The van der Waals surface area contributed by atoms with Gasteiger partial charge in [0.15, 0.2) is 11.5 Å². The van der Waals surface area contributed by atoms with Gasteiger partial charge in [0, 0.05) is 25.2 Å². The largest absolute Gasteiger partial charge is 0.490 e. The highest BCUT2D eigenvalue weighted by atomic mass is 16.5. The summed E-state index contributed by atoms with van der Waals surface area (Å²) in [7, 11) is 0. The van der Waals surface area contributed by atoms with Crippen molar-refractivity contribution in [2.75, 3.05) is 46.0 Å². The van der Waals surface area contributed by atoms with Gasteiger partial charge in [0.05, 0.1) is 6.61 Å². The Morgan fingerprint density at radius 1 is 0.970 bits per heavy atom. The smallest absolute Gasteiger partial charge is 0.246 e. The minimum atomic E-state index is 0.0769. The van der Waals surface area contributed by atoms with E-state index in [1.54, 1.807) is 6.08 Å². The first-order valence-corrected chi connectivity index (χ1v) is 12.0. The number of benzene rings is 2. The zero-order chi connectivity index (χ0) is 22.9. The van der Waals surface area contributed by atoms with Crippen LogP contribution in [0.1, 0.15) is 31.7 Å². The Kier molecular flexibility index (Phi) is 8.25. The fourth-order valence-electron chi connectivity index (χ4n) is 4.46. The molecule has 2 aliphatic rings. The Bertz CT molecular complexity index is 925. The Balaban J connectivity index is 1.29. The molecule has 6 heteroatoms. The number of carbonyl (C=O) groups is 1. The lowest BCUT2D eigenvalue weighted by Gasteiger charge is -2.23. The van der Waals surface area contributed by atoms with Crippen LogP contribution in [-0.4, -0.2) is 67.7 Å². The number of ether oxygens (including phenoxy) is 3. The summed E-state index contributed by atoms with van der Waals surface area (Å²) in [6, 6.07) is 15.9. The summed E-state index contributed by atoms with van der Waals surface area (Å²) in [5, 5.41) is 0. The molecule has 0 aromatic heterocycles. The molecule has 2 fully saturated rings. The molecule has 0 saturated carbocycles. The fourth-order valence-corrected chi connectivity index (χ4v) is 4.46. The second kappa shape index (κ2) is 11.8. The van der Waals surface area contributed by atoms with Gasteiger partial charge in [-0.1, -0.05) is 24.3 Å². The standard InChI is InChI=1S/C27H34N2O4/c1-2-31-26-20-22(10-12-25(26)33-19-18-32-24-8-4-3-5-9-24)11-13-27(30)29-17-14-23(21-29)28-15-6-7-16-28/h3-5,8-13,20,23H,2,6-7,14-19,21H2,1H3/b13-11+. The van der Waals surface area contributed by atoms with E-state index in [1.165, 1.54) is 25.9 Å². The maximum absolute atomic E-state index is 12.7. The van der Waals surface area contributed by atoms with E-state index in [-0.39, 0.29) is 5.91 Å². The van der Waals surface area contributed by atoms with Crippen LogP contribution in [0.5, 0.6) is 17.2 Å². The van der Waals surface area contributed by atoms with E-state index in [2.05, 4.69) is 4.90 Å². The first kappa shape index (κ1) is 23.2. The minimum absolute atomic E-state index is 0.0769. The van der Waals surface area contributed by atoms with E-state index in [0.29, 0.717) is 37.4 Å². The van der Waals surface area contributed by atoms with Gasteiger partial charge >= 0.3 is 0 Å². The molecule has 0 aliphatic carbocycles. The molecule has 6 nitrogen and oxygen atoms in total. The Labute approximate surface area is 196 Å². The first-order valence-electron chi connectivity index (χ1n) is 12.0. The molecule has 2 heterocycles. The summed E-state index contributed by atoms with van der Waals surface area (Å²) in [6.45, 7) is 7.37. The summed E-state index contributed by atoms with van der Waals surface area (Å²) >= 11 is 0. The highest BCUT2D eigenvalue weighted by molar-refractivity contribution is 5.92. The molecule has 176 valence electrons. The lowest BCUT2D eigenvalue weighted by Crippen LogP contribution is -2.36. The van der Waals surface area contributed by atoms with Crippen molar-refractivity contribution in [3.63, 3.8) is 0 Å². The van der Waals surface area contributed by atoms with Gasteiger partial charge in [0.1, 0.15) is 19.0 Å². The molecule has 1 amide bonds. The number of hydrogen-bond donors (Lipinski definition) is 0. The molecule has 2 saturated heterocycles. The lowest BCUT2D eigenvalue weighted by atomic mass is 10.2. The molecular formula is C27H34N2O4. The van der Waals surface area contributed by atoms with Gasteiger partial charge in [-0.3, -0.25) is 9.69 Å². The predicted octanol–water partition coefficient (Wildman–Crippen LogP) is 4.25. The molecule has 2 aromatic carbocycles. The number of carbonyl (C=O) groups excluding carboxylic acids is 1. The zero-order valence-electron chi connectivity index (χ0n) is 19.4. The normalized spacial score (nSPS) is 18.7. The number of amides is 1. The molecule has 2 aliphatic heterocycles. The van der Waals surface area contributed by atoms with E-state index in [4.69, 9.17) is 14.2 Å². The van der Waals surface area contributed by atoms with Crippen LogP contribution in [0.3, 0.4) is 0 Å². The Morgan fingerprint density at radius 3 is 2.55 bits per heavy atom. The Morgan fingerprint density at radius 2 is 1.76 bits per heavy atom. The average Bonchev–Trinajstić information content (AvgIpc) is 3.54. The fraction of sp³-hybridized carbons (Fsp3) is 0.444. The number of hydrogen-bond acceptors (Lipinski definition) is 5. The summed E-state index contributed by atoms with van der Waals surface area (Å²) in [6.07, 6.45) is 7.18. The summed E-state index contributed by atoms with van der Waals surface area (Å²) in [4.78, 5) is 17.2. The second-order valence-corrected chi connectivity index (χ2v) is 8.45. The van der Waals surface area contributed by atoms with E-state index in [1.807, 2.05) is 66.4 Å². The van der Waals surface area contributed by atoms with Crippen LogP contribution in [0.15, 0.2) is 54.6 Å². The molecule has 1 unspecified atom stereocenters. The average molecular weight is 451 g/mol. The monoisotopic (exact) mass is 450 g/mol. The topological polar surface area (TPSA) is 51.2 Å². The quantitative estimate of drug-likeness (QED) is 0.400. The van der Waals surface area contributed by atoms with Crippen molar-refractivity contribution in [1.82, 2.24) is 9.80 Å². The van der Waals surface area contributed by atoms with Gasteiger partial charge < -0.3 is 19.1 Å². The molecule has 0 radical (unpaired) electrons. The summed E-state index contributed by atoms with van der Waals surface area (Å²) < 4.78 is 17.3. The van der Waals surface area contributed by atoms with Crippen LogP contribution in [0.25, 0.3) is 6.08 Å². The van der Waals surface area contributed by atoms with E-state index >= 15 is 0 Å². The Hall–Kier alpha value is -2.99. The SMILES string of the molecule is CCOc1cc(/C=C/C(=O)N2CCC(N3CCCC3)C2)ccc1OCCOc1ccccc1. The van der Waals surface area contributed by atoms with E-state index in [0.717, 1.165) is 30.8 Å². The third-order valence-electron chi connectivity index (χ3n) is 6.17. The van der Waals surface area contributed by atoms with Gasteiger partial charge in [-0.25, -0.2) is 0 Å². The van der Waals surface area contributed by atoms with Crippen molar-refractivity contribution in [3.05, 3.63) is 60.2 Å². The van der Waals surface area contributed by atoms with Crippen molar-refractivity contribution in [2.45, 2.75) is 32.2 Å². The minimum Gasteiger partial charge on any atom is -0.490 e. The van der Waals surface area contributed by atoms with Crippen molar-refractivity contribution in [3.8, 4) is 17.2 Å². The molecule has 4 rings (SSSR count). The van der Waals surface area contributed by atoms with Crippen molar-refractivity contribution in [2.24, 2.45) is 0 Å². The van der Waals surface area contributed by atoms with Gasteiger partial charge in [-0.05, 0) is 75.2 Å². The van der Waals surface area contributed by atoms with Crippen LogP contribution < -0.4 is 14.2 Å². The molecule has 0 spiro atoms. The number of nitrogens with zero attached hydrogens (tertiary/aromatic N) is 2. The number of likely N-dealkylation sites (tertiary alicyclic amines) is 2. The third-order valence-corrected chi connectivity index (χ3v) is 6.17. The van der Waals surface area contributed by atoms with Gasteiger partial charge in [0.25, 0.3) is 0 Å². The van der Waals surface area contributed by atoms with Gasteiger partial charge in [-0.2, -0.15) is 0 Å². The van der Waals surface area contributed by atoms with Crippen molar-refractivity contribution in [1.29, 1.82) is 0 Å². The molecule has 33 heavy (non-hydrogen) atoms. The van der Waals surface area contributed by atoms with Gasteiger partial charge in [-0.15, -0.1) is 0 Å². The maximum atomic E-state index is 12.7. The van der Waals surface area contributed by atoms with Crippen LogP contribution in [0, 0.1) is 0 Å². The molecule has 0 N–H and O–H groups in total. The summed E-state index contributed by atoms with van der Waals surface area (Å²) in [5.41, 5.74) is 0.912. The van der Waals surface area contributed by atoms with E-state index in [9.17, 15) is 4.79 Å². The molecular weight excluding hydrogens is 416 g/mol. The van der Waals surface area contributed by atoms with Crippen LogP contribution in [0.2, 0.25) is 0 Å². The number of rotatable bonds is 10. The maximum Gasteiger partial charge on any atom is 0.246 e. The number of para-hydroxylation sites is 1. The van der Waals surface area contributed by atoms with Gasteiger partial charge in [0.2, 0.25) is 5.91 Å². The summed E-state index contributed by atoms with van der Waals surface area (Å²) in [5.74, 6) is 2.24. The molecule has 1 atom stereocenters. The van der Waals surface area contributed by atoms with Crippen molar-refractivity contribution >= 4 is 12.0 Å². The first-order chi connectivity index (χ1) is 16.2. The highest BCUT2D eigenvalue weighted by Gasteiger charge is 2.30. The predicted molar refractivity (Wildman–Crippen MR) is 130 cm³/mol. The van der Waals surface area contributed by atoms with Crippen LogP contribution >= 0.6 is 0 Å².